The smallest absolute Gasteiger partial charge is 0.319 e. The zero-order valence-electron chi connectivity index (χ0n) is 12.3. The fourth-order valence-corrected chi connectivity index (χ4v) is 1.77. The van der Waals surface area contributed by atoms with Crippen molar-refractivity contribution < 1.29 is 18.9 Å². The number of hydrogen-bond acceptors (Lipinski definition) is 4. The number of carbonyl (C=O) groups excluding carboxylic acids is 2. The first-order valence-corrected chi connectivity index (χ1v) is 6.79. The molecule has 0 atom stereocenters. The lowest BCUT2D eigenvalue weighted by Crippen LogP contribution is -2.35. The van der Waals surface area contributed by atoms with Crippen molar-refractivity contribution in [2.45, 2.75) is 0 Å². The number of non-ortho nitro benzene ring substituents is 1. The summed E-state index contributed by atoms with van der Waals surface area (Å²) >= 11 is 0. The van der Waals surface area contributed by atoms with Crippen molar-refractivity contribution in [3.05, 3.63) is 64.5 Å². The Labute approximate surface area is 135 Å². The van der Waals surface area contributed by atoms with Crippen molar-refractivity contribution in [1.29, 1.82) is 0 Å². The average Bonchev–Trinajstić information content (AvgIpc) is 2.53. The highest BCUT2D eigenvalue weighted by molar-refractivity contribution is 5.96. The van der Waals surface area contributed by atoms with E-state index in [4.69, 9.17) is 0 Å². The van der Waals surface area contributed by atoms with Gasteiger partial charge in [0.2, 0.25) is 5.91 Å². The van der Waals surface area contributed by atoms with Crippen molar-refractivity contribution >= 4 is 29.0 Å². The van der Waals surface area contributed by atoms with E-state index in [1.54, 1.807) is 0 Å². The molecule has 2 aromatic rings. The molecule has 0 aromatic heterocycles. The van der Waals surface area contributed by atoms with Gasteiger partial charge in [-0.05, 0) is 30.3 Å². The maximum atomic E-state index is 13.0. The molecular formula is C15H13FN4O4. The van der Waals surface area contributed by atoms with E-state index in [0.29, 0.717) is 5.69 Å². The van der Waals surface area contributed by atoms with Gasteiger partial charge in [0.25, 0.3) is 5.69 Å². The Morgan fingerprint density at radius 1 is 1.04 bits per heavy atom. The fraction of sp³-hybridized carbons (Fsp3) is 0.0667. The summed E-state index contributed by atoms with van der Waals surface area (Å²) in [5, 5.41) is 17.7. The molecule has 0 fully saturated rings. The van der Waals surface area contributed by atoms with Crippen LogP contribution < -0.4 is 16.0 Å². The van der Waals surface area contributed by atoms with Gasteiger partial charge in [0.05, 0.1) is 11.5 Å². The molecule has 0 spiro atoms. The summed E-state index contributed by atoms with van der Waals surface area (Å²) < 4.78 is 13.0. The molecule has 124 valence electrons. The minimum Gasteiger partial charge on any atom is -0.329 e. The van der Waals surface area contributed by atoms with Gasteiger partial charge in [-0.1, -0.05) is 6.07 Å². The first-order valence-electron chi connectivity index (χ1n) is 6.79. The van der Waals surface area contributed by atoms with Gasteiger partial charge in [-0.2, -0.15) is 0 Å². The van der Waals surface area contributed by atoms with Gasteiger partial charge in [0.15, 0.2) is 0 Å². The standard InChI is InChI=1S/C15H13FN4O4/c16-10-2-1-3-12(8-10)18-14(21)9-17-15(22)19-11-4-6-13(7-5-11)20(23)24/h1-8H,9H2,(H,18,21)(H2,17,19,22). The molecule has 0 heterocycles. The Hall–Kier alpha value is -3.49. The van der Waals surface area contributed by atoms with Crippen LogP contribution in [-0.2, 0) is 4.79 Å². The van der Waals surface area contributed by atoms with Gasteiger partial charge in [-0.3, -0.25) is 14.9 Å². The summed E-state index contributed by atoms with van der Waals surface area (Å²) in [4.78, 5) is 33.3. The molecule has 3 amide bonds. The van der Waals surface area contributed by atoms with Crippen LogP contribution in [0.3, 0.4) is 0 Å². The lowest BCUT2D eigenvalue weighted by atomic mass is 10.3. The molecule has 0 unspecified atom stereocenters. The number of urea groups is 1. The number of carbonyl (C=O) groups is 2. The van der Waals surface area contributed by atoms with Crippen molar-refractivity contribution in [2.24, 2.45) is 0 Å². The van der Waals surface area contributed by atoms with Crippen LogP contribution in [0.15, 0.2) is 48.5 Å². The van der Waals surface area contributed by atoms with E-state index in [0.717, 1.165) is 6.07 Å². The summed E-state index contributed by atoms with van der Waals surface area (Å²) in [5.41, 5.74) is 0.511. The summed E-state index contributed by atoms with van der Waals surface area (Å²) in [6.45, 7) is -0.324. The molecule has 2 rings (SSSR count). The highest BCUT2D eigenvalue weighted by atomic mass is 19.1. The van der Waals surface area contributed by atoms with Crippen LogP contribution in [0.5, 0.6) is 0 Å². The number of nitro benzene ring substituents is 1. The van der Waals surface area contributed by atoms with Gasteiger partial charge in [-0.15, -0.1) is 0 Å². The molecule has 0 saturated carbocycles. The molecular weight excluding hydrogens is 319 g/mol. The van der Waals surface area contributed by atoms with Crippen LogP contribution in [0.4, 0.5) is 26.2 Å². The van der Waals surface area contributed by atoms with E-state index in [1.807, 2.05) is 0 Å². The maximum Gasteiger partial charge on any atom is 0.319 e. The molecule has 3 N–H and O–H groups in total. The van der Waals surface area contributed by atoms with Gasteiger partial charge in [-0.25, -0.2) is 9.18 Å². The van der Waals surface area contributed by atoms with Crippen LogP contribution in [0, 0.1) is 15.9 Å². The Morgan fingerprint density at radius 3 is 2.38 bits per heavy atom. The molecule has 24 heavy (non-hydrogen) atoms. The van der Waals surface area contributed by atoms with E-state index in [-0.39, 0.29) is 17.9 Å². The summed E-state index contributed by atoms with van der Waals surface area (Å²) in [6, 6.07) is 9.91. The fourth-order valence-electron chi connectivity index (χ4n) is 1.77. The normalized spacial score (nSPS) is 9.88. The lowest BCUT2D eigenvalue weighted by molar-refractivity contribution is -0.384. The summed E-state index contributed by atoms with van der Waals surface area (Å²) in [6.07, 6.45) is 0. The van der Waals surface area contributed by atoms with Crippen LogP contribution in [-0.4, -0.2) is 23.4 Å². The summed E-state index contributed by atoms with van der Waals surface area (Å²) in [7, 11) is 0. The number of amides is 3. The van der Waals surface area contributed by atoms with Gasteiger partial charge < -0.3 is 16.0 Å². The second-order valence-corrected chi connectivity index (χ2v) is 4.67. The number of rotatable bonds is 5. The molecule has 0 radical (unpaired) electrons. The summed E-state index contributed by atoms with van der Waals surface area (Å²) in [5.74, 6) is -1.02. The Morgan fingerprint density at radius 2 is 1.75 bits per heavy atom. The zero-order chi connectivity index (χ0) is 17.5. The molecule has 0 saturated heterocycles. The average molecular weight is 332 g/mol. The van der Waals surface area contributed by atoms with E-state index < -0.39 is 22.7 Å². The van der Waals surface area contributed by atoms with Crippen LogP contribution in [0.25, 0.3) is 0 Å². The Bertz CT molecular complexity index is 764. The van der Waals surface area contributed by atoms with Crippen LogP contribution in [0.2, 0.25) is 0 Å². The zero-order valence-corrected chi connectivity index (χ0v) is 12.3. The number of nitrogens with one attached hydrogen (secondary N) is 3. The van der Waals surface area contributed by atoms with Crippen molar-refractivity contribution in [2.75, 3.05) is 17.2 Å². The Balaban J connectivity index is 1.80. The van der Waals surface area contributed by atoms with Gasteiger partial charge >= 0.3 is 6.03 Å². The van der Waals surface area contributed by atoms with E-state index in [9.17, 15) is 24.1 Å². The minimum absolute atomic E-state index is 0.101. The van der Waals surface area contributed by atoms with E-state index in [2.05, 4.69) is 16.0 Å². The third-order valence-corrected chi connectivity index (χ3v) is 2.85. The second-order valence-electron chi connectivity index (χ2n) is 4.67. The number of hydrogen-bond donors (Lipinski definition) is 3. The number of halogens is 1. The number of nitro groups is 1. The monoisotopic (exact) mass is 332 g/mol. The Kier molecular flexibility index (Phi) is 5.40. The van der Waals surface area contributed by atoms with Gasteiger partial charge in [0.1, 0.15) is 5.82 Å². The number of anilines is 2. The highest BCUT2D eigenvalue weighted by Gasteiger charge is 2.08. The maximum absolute atomic E-state index is 13.0. The first-order chi connectivity index (χ1) is 11.4. The highest BCUT2D eigenvalue weighted by Crippen LogP contribution is 2.15. The predicted molar refractivity (Wildman–Crippen MR) is 85.1 cm³/mol. The van der Waals surface area contributed by atoms with Crippen molar-refractivity contribution in [3.63, 3.8) is 0 Å². The van der Waals surface area contributed by atoms with E-state index in [1.165, 1.54) is 42.5 Å². The van der Waals surface area contributed by atoms with Crippen molar-refractivity contribution in [1.82, 2.24) is 5.32 Å². The van der Waals surface area contributed by atoms with Crippen LogP contribution >= 0.6 is 0 Å². The first kappa shape index (κ1) is 16.9. The number of nitrogens with zero attached hydrogens (tertiary/aromatic N) is 1. The molecule has 0 aliphatic carbocycles. The quantitative estimate of drug-likeness (QED) is 0.576. The molecule has 2 aromatic carbocycles. The van der Waals surface area contributed by atoms with Crippen LogP contribution in [0.1, 0.15) is 0 Å². The van der Waals surface area contributed by atoms with Crippen molar-refractivity contribution in [3.8, 4) is 0 Å². The number of benzene rings is 2. The van der Waals surface area contributed by atoms with E-state index >= 15 is 0 Å². The molecule has 0 aliphatic rings. The van der Waals surface area contributed by atoms with Gasteiger partial charge in [0, 0.05) is 23.5 Å². The molecule has 8 nitrogen and oxygen atoms in total. The topological polar surface area (TPSA) is 113 Å². The predicted octanol–water partition coefficient (Wildman–Crippen LogP) is 2.49. The third-order valence-electron chi connectivity index (χ3n) is 2.85. The minimum atomic E-state index is -0.654. The molecule has 0 aliphatic heterocycles. The SMILES string of the molecule is O=C(CNC(=O)Nc1ccc([N+](=O)[O-])cc1)Nc1cccc(F)c1. The molecule has 0 bridgehead atoms. The second kappa shape index (κ2) is 7.68. The molecule has 9 heteroatoms. The third kappa shape index (κ3) is 5.05. The lowest BCUT2D eigenvalue weighted by Gasteiger charge is -2.08. The largest absolute Gasteiger partial charge is 0.329 e.